The molecule has 3 aromatic rings. The molecule has 31 heavy (non-hydrogen) atoms. The fourth-order valence-corrected chi connectivity index (χ4v) is 3.61. The van der Waals surface area contributed by atoms with Crippen LogP contribution in [0.3, 0.4) is 0 Å². The number of hydrogen-bond donors (Lipinski definition) is 0. The van der Waals surface area contributed by atoms with Crippen molar-refractivity contribution < 1.29 is 9.53 Å². The Morgan fingerprint density at radius 3 is 2.32 bits per heavy atom. The molecule has 0 heterocycles. The van der Waals surface area contributed by atoms with Gasteiger partial charge in [-0.05, 0) is 73.6 Å². The smallest absolute Gasteiger partial charge is 0.343 e. The molecule has 0 aliphatic rings. The molecule has 3 aromatic carbocycles. The van der Waals surface area contributed by atoms with E-state index in [1.54, 1.807) is 30.5 Å². The molecule has 0 saturated carbocycles. The van der Waals surface area contributed by atoms with Crippen LogP contribution in [0.4, 0.5) is 5.69 Å². The first kappa shape index (κ1) is 22.9. The van der Waals surface area contributed by atoms with Gasteiger partial charge in [-0.1, -0.05) is 59.6 Å². The minimum Gasteiger partial charge on any atom is -0.423 e. The summed E-state index contributed by atoms with van der Waals surface area (Å²) >= 11 is 3.48. The highest BCUT2D eigenvalue weighted by Gasteiger charge is 2.09. The lowest BCUT2D eigenvalue weighted by Gasteiger charge is -2.17. The monoisotopic (exact) mass is 478 g/mol. The van der Waals surface area contributed by atoms with Crippen molar-refractivity contribution in [1.82, 2.24) is 4.90 Å². The van der Waals surface area contributed by atoms with E-state index in [1.807, 2.05) is 37.3 Å². The van der Waals surface area contributed by atoms with Crippen LogP contribution in [0.1, 0.15) is 40.9 Å². The van der Waals surface area contributed by atoms with E-state index >= 15 is 0 Å². The molecule has 0 radical (unpaired) electrons. The Balaban J connectivity index is 1.69. The maximum absolute atomic E-state index is 12.4. The number of aryl methyl sites for hydroxylation is 1. The molecule has 0 aliphatic carbocycles. The summed E-state index contributed by atoms with van der Waals surface area (Å²) in [6.07, 6.45) is 1.77. The first-order chi connectivity index (χ1) is 15.0. The molecular formula is C26H27BrN2O2. The van der Waals surface area contributed by atoms with Gasteiger partial charge in [0.15, 0.2) is 0 Å². The third-order valence-corrected chi connectivity index (χ3v) is 5.45. The van der Waals surface area contributed by atoms with Gasteiger partial charge in [0.1, 0.15) is 5.75 Å². The van der Waals surface area contributed by atoms with Crippen LogP contribution in [0.2, 0.25) is 0 Å². The Morgan fingerprint density at radius 1 is 1.00 bits per heavy atom. The summed E-state index contributed by atoms with van der Waals surface area (Å²) in [6, 6.07) is 21.1. The van der Waals surface area contributed by atoms with Crippen LogP contribution in [0, 0.1) is 6.92 Å². The summed E-state index contributed by atoms with van der Waals surface area (Å²) < 4.78 is 6.37. The van der Waals surface area contributed by atoms with Gasteiger partial charge in [0.2, 0.25) is 0 Å². The molecule has 0 N–H and O–H groups in total. The highest BCUT2D eigenvalue weighted by molar-refractivity contribution is 9.10. The molecular weight excluding hydrogens is 452 g/mol. The number of hydrogen-bond acceptors (Lipinski definition) is 4. The standard InChI is InChI=1S/C26H27BrN2O2/c1-4-29(5-2)18-20-8-12-24(13-9-20)28-17-21-14-23(27)16-25(15-21)31-26(30)22-10-6-19(3)7-11-22/h6-17H,4-5,18H2,1-3H3. The number of rotatable bonds is 8. The highest BCUT2D eigenvalue weighted by Crippen LogP contribution is 2.23. The summed E-state index contributed by atoms with van der Waals surface area (Å²) in [4.78, 5) is 19.3. The van der Waals surface area contributed by atoms with Gasteiger partial charge in [0.25, 0.3) is 0 Å². The fraction of sp³-hybridized carbons (Fsp3) is 0.231. The Kier molecular flexibility index (Phi) is 8.15. The first-order valence-electron chi connectivity index (χ1n) is 10.4. The maximum atomic E-state index is 12.4. The Morgan fingerprint density at radius 2 is 1.68 bits per heavy atom. The summed E-state index contributed by atoms with van der Waals surface area (Å²) in [5.41, 5.74) is 4.61. The van der Waals surface area contributed by atoms with Gasteiger partial charge in [0.05, 0.1) is 11.3 Å². The van der Waals surface area contributed by atoms with E-state index in [2.05, 4.69) is 51.8 Å². The second-order valence-electron chi connectivity index (χ2n) is 7.36. The van der Waals surface area contributed by atoms with Crippen LogP contribution >= 0.6 is 15.9 Å². The molecule has 0 fully saturated rings. The maximum Gasteiger partial charge on any atom is 0.343 e. The third kappa shape index (κ3) is 6.88. The lowest BCUT2D eigenvalue weighted by Crippen LogP contribution is -2.21. The second-order valence-corrected chi connectivity index (χ2v) is 8.28. The minimum atomic E-state index is -0.384. The summed E-state index contributed by atoms with van der Waals surface area (Å²) in [7, 11) is 0. The van der Waals surface area contributed by atoms with Gasteiger partial charge in [0, 0.05) is 17.2 Å². The number of ether oxygens (including phenoxy) is 1. The number of nitrogens with zero attached hydrogens (tertiary/aromatic N) is 2. The van der Waals surface area contributed by atoms with Gasteiger partial charge in [-0.25, -0.2) is 4.79 Å². The minimum absolute atomic E-state index is 0.384. The summed E-state index contributed by atoms with van der Waals surface area (Å²) in [6.45, 7) is 9.34. The molecule has 160 valence electrons. The van der Waals surface area contributed by atoms with Crippen LogP contribution in [-0.4, -0.2) is 30.2 Å². The van der Waals surface area contributed by atoms with Crippen molar-refractivity contribution in [2.45, 2.75) is 27.3 Å². The topological polar surface area (TPSA) is 41.9 Å². The quantitative estimate of drug-likeness (QED) is 0.209. The Bertz CT molecular complexity index is 1040. The molecule has 5 heteroatoms. The molecule has 0 aliphatic heterocycles. The van der Waals surface area contributed by atoms with Crippen molar-refractivity contribution in [1.29, 1.82) is 0 Å². The van der Waals surface area contributed by atoms with E-state index in [4.69, 9.17) is 4.74 Å². The third-order valence-electron chi connectivity index (χ3n) is 4.99. The van der Waals surface area contributed by atoms with E-state index in [9.17, 15) is 4.79 Å². The van der Waals surface area contributed by atoms with Gasteiger partial charge in [-0.15, -0.1) is 0 Å². The fourth-order valence-electron chi connectivity index (χ4n) is 3.12. The van der Waals surface area contributed by atoms with Crippen molar-refractivity contribution in [2.75, 3.05) is 13.1 Å². The number of esters is 1. The summed E-state index contributed by atoms with van der Waals surface area (Å²) in [5, 5.41) is 0. The normalized spacial score (nSPS) is 11.3. The summed E-state index contributed by atoms with van der Waals surface area (Å²) in [5.74, 6) is 0.0840. The SMILES string of the molecule is CCN(CC)Cc1ccc(N=Cc2cc(Br)cc(OC(=O)c3ccc(C)cc3)c2)cc1. The Labute approximate surface area is 192 Å². The van der Waals surface area contributed by atoms with E-state index in [-0.39, 0.29) is 5.97 Å². The number of carbonyl (C=O) groups is 1. The number of aliphatic imine (C=N–C) groups is 1. The van der Waals surface area contributed by atoms with Gasteiger partial charge >= 0.3 is 5.97 Å². The van der Waals surface area contributed by atoms with E-state index in [1.165, 1.54) is 5.56 Å². The lowest BCUT2D eigenvalue weighted by molar-refractivity contribution is 0.0734. The van der Waals surface area contributed by atoms with E-state index in [0.717, 1.165) is 40.9 Å². The predicted octanol–water partition coefficient (Wildman–Crippen LogP) is 6.57. The van der Waals surface area contributed by atoms with E-state index < -0.39 is 0 Å². The van der Waals surface area contributed by atoms with Crippen LogP contribution in [-0.2, 0) is 6.54 Å². The predicted molar refractivity (Wildman–Crippen MR) is 131 cm³/mol. The zero-order chi connectivity index (χ0) is 22.2. The average molecular weight is 479 g/mol. The molecule has 0 spiro atoms. The molecule has 0 aromatic heterocycles. The van der Waals surface area contributed by atoms with Crippen molar-refractivity contribution in [3.8, 4) is 5.75 Å². The van der Waals surface area contributed by atoms with Gasteiger partial charge in [-0.2, -0.15) is 0 Å². The van der Waals surface area contributed by atoms with Crippen molar-refractivity contribution in [2.24, 2.45) is 4.99 Å². The average Bonchev–Trinajstić information content (AvgIpc) is 2.77. The molecule has 0 unspecified atom stereocenters. The molecule has 3 rings (SSSR count). The molecule has 4 nitrogen and oxygen atoms in total. The van der Waals surface area contributed by atoms with Gasteiger partial charge in [-0.3, -0.25) is 9.89 Å². The highest BCUT2D eigenvalue weighted by atomic mass is 79.9. The molecule has 0 amide bonds. The number of benzene rings is 3. The zero-order valence-corrected chi connectivity index (χ0v) is 19.7. The van der Waals surface area contributed by atoms with Crippen molar-refractivity contribution >= 4 is 33.8 Å². The van der Waals surface area contributed by atoms with Crippen LogP contribution < -0.4 is 4.74 Å². The van der Waals surface area contributed by atoms with E-state index in [0.29, 0.717) is 11.3 Å². The second kappa shape index (κ2) is 11.0. The molecule has 0 saturated heterocycles. The Hall–Kier alpha value is -2.76. The zero-order valence-electron chi connectivity index (χ0n) is 18.1. The van der Waals surface area contributed by atoms with Crippen molar-refractivity contribution in [3.05, 3.63) is 93.5 Å². The molecule has 0 bridgehead atoms. The van der Waals surface area contributed by atoms with Crippen molar-refractivity contribution in [3.63, 3.8) is 0 Å². The van der Waals surface area contributed by atoms with Gasteiger partial charge < -0.3 is 4.74 Å². The lowest BCUT2D eigenvalue weighted by atomic mass is 10.1. The van der Waals surface area contributed by atoms with Crippen LogP contribution in [0.15, 0.2) is 76.2 Å². The number of halogens is 1. The first-order valence-corrected chi connectivity index (χ1v) is 11.2. The largest absolute Gasteiger partial charge is 0.423 e. The van der Waals surface area contributed by atoms with Crippen LogP contribution in [0.25, 0.3) is 0 Å². The number of carbonyl (C=O) groups excluding carboxylic acids is 1. The van der Waals surface area contributed by atoms with Crippen LogP contribution in [0.5, 0.6) is 5.75 Å². The molecule has 0 atom stereocenters.